The summed E-state index contributed by atoms with van der Waals surface area (Å²) in [5.41, 5.74) is 2.58. The molecular formula is C26H21N3O8S3. The molecule has 1 heterocycles. The Morgan fingerprint density at radius 2 is 1.65 bits per heavy atom. The summed E-state index contributed by atoms with van der Waals surface area (Å²) in [5, 5.41) is 19.5. The van der Waals surface area contributed by atoms with E-state index in [9.17, 15) is 31.0 Å². The first-order valence-corrected chi connectivity index (χ1v) is 15.4. The van der Waals surface area contributed by atoms with Crippen molar-refractivity contribution in [2.75, 3.05) is 6.61 Å². The van der Waals surface area contributed by atoms with Crippen LogP contribution in [0.3, 0.4) is 0 Å². The van der Waals surface area contributed by atoms with Gasteiger partial charge in [0.25, 0.3) is 20.2 Å². The number of thiazole rings is 1. The van der Waals surface area contributed by atoms with Crippen molar-refractivity contribution in [3.63, 3.8) is 0 Å². The van der Waals surface area contributed by atoms with E-state index >= 15 is 0 Å². The van der Waals surface area contributed by atoms with Crippen molar-refractivity contribution in [3.05, 3.63) is 66.2 Å². The number of benzene rings is 4. The zero-order valence-electron chi connectivity index (χ0n) is 20.9. The highest BCUT2D eigenvalue weighted by atomic mass is 32.2. The summed E-state index contributed by atoms with van der Waals surface area (Å²) in [6.07, 6.45) is 0. The van der Waals surface area contributed by atoms with Gasteiger partial charge in [-0.05, 0) is 73.3 Å². The number of rotatable bonds is 7. The molecule has 0 saturated heterocycles. The maximum atomic E-state index is 12.2. The molecule has 5 aromatic rings. The molecule has 0 saturated carbocycles. The zero-order chi connectivity index (χ0) is 28.8. The van der Waals surface area contributed by atoms with Gasteiger partial charge in [0.1, 0.15) is 21.3 Å². The summed E-state index contributed by atoms with van der Waals surface area (Å²) in [5.74, 6) is -0.876. The molecule has 0 aliphatic carbocycles. The number of aryl methyl sites for hydroxylation is 1. The molecule has 40 heavy (non-hydrogen) atoms. The van der Waals surface area contributed by atoms with Crippen LogP contribution in [0.25, 0.3) is 31.6 Å². The number of azo groups is 1. The van der Waals surface area contributed by atoms with E-state index in [1.54, 1.807) is 31.2 Å². The summed E-state index contributed by atoms with van der Waals surface area (Å²) in [6.45, 7) is 3.67. The average molecular weight is 600 g/mol. The first kappa shape index (κ1) is 27.6. The molecule has 0 unspecified atom stereocenters. The van der Waals surface area contributed by atoms with E-state index in [-0.39, 0.29) is 23.1 Å². The van der Waals surface area contributed by atoms with Gasteiger partial charge in [0, 0.05) is 11.6 Å². The highest BCUT2D eigenvalue weighted by molar-refractivity contribution is 7.86. The van der Waals surface area contributed by atoms with E-state index in [1.807, 2.05) is 19.1 Å². The molecule has 1 aromatic heterocycles. The quantitative estimate of drug-likeness (QED) is 0.140. The van der Waals surface area contributed by atoms with Gasteiger partial charge in [0.05, 0.1) is 32.8 Å². The van der Waals surface area contributed by atoms with E-state index in [2.05, 4.69) is 21.3 Å². The smallest absolute Gasteiger partial charge is 0.296 e. The molecule has 0 aliphatic heterocycles. The van der Waals surface area contributed by atoms with Crippen molar-refractivity contribution in [3.8, 4) is 22.1 Å². The molecular weight excluding hydrogens is 579 g/mol. The van der Waals surface area contributed by atoms with Crippen molar-refractivity contribution in [1.82, 2.24) is 4.98 Å². The summed E-state index contributed by atoms with van der Waals surface area (Å²) >= 11 is 1.54. The van der Waals surface area contributed by atoms with Gasteiger partial charge < -0.3 is 9.84 Å². The van der Waals surface area contributed by atoms with Crippen LogP contribution in [0, 0.1) is 6.92 Å². The Kier molecular flexibility index (Phi) is 7.06. The van der Waals surface area contributed by atoms with Crippen LogP contribution in [-0.2, 0) is 20.2 Å². The predicted molar refractivity (Wildman–Crippen MR) is 150 cm³/mol. The van der Waals surface area contributed by atoms with Gasteiger partial charge in [0.15, 0.2) is 5.75 Å². The van der Waals surface area contributed by atoms with Gasteiger partial charge in [-0.1, -0.05) is 6.07 Å². The molecule has 11 nitrogen and oxygen atoms in total. The molecule has 0 amide bonds. The van der Waals surface area contributed by atoms with Gasteiger partial charge in [-0.15, -0.1) is 16.5 Å². The van der Waals surface area contributed by atoms with Gasteiger partial charge >= 0.3 is 0 Å². The second-order valence-electron chi connectivity index (χ2n) is 8.71. The monoisotopic (exact) mass is 599 g/mol. The first-order valence-electron chi connectivity index (χ1n) is 11.7. The molecule has 3 N–H and O–H groups in total. The fraction of sp³-hybridized carbons (Fsp3) is 0.115. The lowest BCUT2D eigenvalue weighted by molar-refractivity contribution is 0.342. The van der Waals surface area contributed by atoms with Crippen LogP contribution in [0.5, 0.6) is 11.5 Å². The summed E-state index contributed by atoms with van der Waals surface area (Å²) in [6, 6.07) is 15.6. The number of aromatic hydroxyl groups is 1. The van der Waals surface area contributed by atoms with Crippen molar-refractivity contribution >= 4 is 63.9 Å². The Bertz CT molecular complexity index is 2040. The van der Waals surface area contributed by atoms with Crippen molar-refractivity contribution in [2.24, 2.45) is 10.2 Å². The lowest BCUT2D eigenvalue weighted by Crippen LogP contribution is -2.03. The van der Waals surface area contributed by atoms with Crippen LogP contribution in [0.15, 0.2) is 80.7 Å². The average Bonchev–Trinajstić information content (AvgIpc) is 3.30. The molecule has 4 aromatic carbocycles. The Balaban J connectivity index is 1.59. The SMILES string of the molecule is CCOc1cc(S(=O)(=O)O)cc2cc(S(=O)(=O)O)c(N=Nc3ccc(-c4nc5ccc(C)cc5s4)cc3)c(O)c12. The zero-order valence-corrected chi connectivity index (χ0v) is 23.4. The minimum absolute atomic E-state index is 0.0565. The van der Waals surface area contributed by atoms with Gasteiger partial charge in [-0.3, -0.25) is 9.11 Å². The molecule has 0 bridgehead atoms. The maximum Gasteiger partial charge on any atom is 0.296 e. The number of aromatic nitrogens is 1. The second-order valence-corrected chi connectivity index (χ2v) is 12.6. The summed E-state index contributed by atoms with van der Waals surface area (Å²) in [7, 11) is -9.66. The molecule has 14 heteroatoms. The molecule has 0 spiro atoms. The number of hydrogen-bond donors (Lipinski definition) is 3. The normalized spacial score (nSPS) is 12.5. The highest BCUT2D eigenvalue weighted by Crippen LogP contribution is 2.46. The largest absolute Gasteiger partial charge is 0.505 e. The fourth-order valence-corrected chi connectivity index (χ4v) is 6.33. The van der Waals surface area contributed by atoms with E-state index in [1.165, 1.54) is 11.3 Å². The molecule has 0 radical (unpaired) electrons. The predicted octanol–water partition coefficient (Wildman–Crippen LogP) is 6.44. The molecule has 5 rings (SSSR count). The molecule has 0 aliphatic rings. The van der Waals surface area contributed by atoms with Crippen LogP contribution >= 0.6 is 11.3 Å². The lowest BCUT2D eigenvalue weighted by Gasteiger charge is -2.14. The van der Waals surface area contributed by atoms with Crippen LogP contribution < -0.4 is 4.74 Å². The minimum Gasteiger partial charge on any atom is -0.505 e. The maximum absolute atomic E-state index is 12.2. The second kappa shape index (κ2) is 10.2. The van der Waals surface area contributed by atoms with E-state index in [0.29, 0.717) is 5.69 Å². The number of nitrogens with zero attached hydrogens (tertiary/aromatic N) is 3. The van der Waals surface area contributed by atoms with Crippen molar-refractivity contribution in [1.29, 1.82) is 0 Å². The van der Waals surface area contributed by atoms with Gasteiger partial charge in [-0.2, -0.15) is 21.9 Å². The topological polar surface area (TPSA) is 176 Å². The van der Waals surface area contributed by atoms with Crippen LogP contribution in [0.4, 0.5) is 11.4 Å². The van der Waals surface area contributed by atoms with Crippen LogP contribution in [-0.4, -0.2) is 42.6 Å². The van der Waals surface area contributed by atoms with Crippen molar-refractivity contribution < 1.29 is 35.8 Å². The highest BCUT2D eigenvalue weighted by Gasteiger charge is 2.26. The standard InChI is InChI=1S/C26H21N3O8S3/c1-3-37-20-13-18(39(31,32)33)11-16-12-22(40(34,35)36)24(25(30)23(16)20)29-28-17-7-5-15(6-8-17)26-27-19-9-4-14(2)10-21(19)38-26/h4-13,30H,3H2,1-2H3,(H,31,32,33)(H,34,35,36). The Morgan fingerprint density at radius 3 is 2.30 bits per heavy atom. The lowest BCUT2D eigenvalue weighted by atomic mass is 10.1. The summed E-state index contributed by atoms with van der Waals surface area (Å²) < 4.78 is 73.7. The molecule has 206 valence electrons. The van der Waals surface area contributed by atoms with E-state index in [4.69, 9.17) is 4.74 Å². The number of phenols is 1. The number of fused-ring (bicyclic) bond motifs is 2. The number of ether oxygens (including phenoxy) is 1. The number of hydrogen-bond acceptors (Lipinski definition) is 10. The number of phenolic OH excluding ortho intramolecular Hbond substituents is 1. The third-order valence-electron chi connectivity index (χ3n) is 5.89. The Labute approximate surface area is 232 Å². The van der Waals surface area contributed by atoms with Gasteiger partial charge in [0.2, 0.25) is 0 Å². The van der Waals surface area contributed by atoms with E-state index in [0.717, 1.165) is 44.6 Å². The molecule has 0 atom stereocenters. The fourth-order valence-electron chi connectivity index (χ4n) is 4.07. The third-order valence-corrected chi connectivity index (χ3v) is 8.65. The minimum atomic E-state index is -4.96. The van der Waals surface area contributed by atoms with Crippen molar-refractivity contribution in [2.45, 2.75) is 23.6 Å². The molecule has 0 fully saturated rings. The third kappa shape index (κ3) is 5.39. The van der Waals surface area contributed by atoms with Crippen LogP contribution in [0.2, 0.25) is 0 Å². The first-order chi connectivity index (χ1) is 18.8. The summed E-state index contributed by atoms with van der Waals surface area (Å²) in [4.78, 5) is 3.23. The van der Waals surface area contributed by atoms with Gasteiger partial charge in [-0.25, -0.2) is 4.98 Å². The Morgan fingerprint density at radius 1 is 0.925 bits per heavy atom. The Hall–Kier alpha value is -3.95. The van der Waals surface area contributed by atoms with Crippen LogP contribution in [0.1, 0.15) is 12.5 Å². The van der Waals surface area contributed by atoms with E-state index < -0.39 is 41.5 Å².